The summed E-state index contributed by atoms with van der Waals surface area (Å²) >= 11 is 0. The minimum atomic E-state index is 0.116. The van der Waals surface area contributed by atoms with Crippen LogP contribution >= 0.6 is 0 Å². The Kier molecular flexibility index (Phi) is 5.04. The number of piperidine rings is 1. The van der Waals surface area contributed by atoms with E-state index in [0.717, 1.165) is 55.4 Å². The van der Waals surface area contributed by atoms with Crippen LogP contribution in [-0.2, 0) is 6.54 Å². The van der Waals surface area contributed by atoms with Crippen LogP contribution in [0, 0.1) is 5.92 Å². The Labute approximate surface area is 160 Å². The van der Waals surface area contributed by atoms with Crippen LogP contribution < -0.4 is 14.2 Å². The second-order valence-electron chi connectivity index (χ2n) is 7.92. The van der Waals surface area contributed by atoms with Gasteiger partial charge in [-0.05, 0) is 24.8 Å². The number of carbonyl (C=O) groups excluding carboxylic acids is 1. The van der Waals surface area contributed by atoms with E-state index in [0.29, 0.717) is 25.2 Å². The average molecular weight is 375 g/mol. The van der Waals surface area contributed by atoms with Crippen LogP contribution in [-0.4, -0.2) is 80.8 Å². The van der Waals surface area contributed by atoms with Crippen molar-refractivity contribution in [2.75, 3.05) is 54.1 Å². The summed E-state index contributed by atoms with van der Waals surface area (Å²) in [6, 6.07) is 4.48. The first-order chi connectivity index (χ1) is 13.0. The number of hydrogen-bond donors (Lipinski definition) is 0. The van der Waals surface area contributed by atoms with Crippen LogP contribution in [0.15, 0.2) is 12.1 Å². The van der Waals surface area contributed by atoms with Crippen molar-refractivity contribution < 1.29 is 19.0 Å². The minimum Gasteiger partial charge on any atom is -0.496 e. The summed E-state index contributed by atoms with van der Waals surface area (Å²) in [6.45, 7) is 4.60. The van der Waals surface area contributed by atoms with E-state index in [1.54, 1.807) is 12.0 Å². The highest BCUT2D eigenvalue weighted by Crippen LogP contribution is 2.38. The summed E-state index contributed by atoms with van der Waals surface area (Å²) in [4.78, 5) is 18.7. The molecule has 5 rings (SSSR count). The van der Waals surface area contributed by atoms with Crippen LogP contribution in [0.2, 0.25) is 0 Å². The van der Waals surface area contributed by atoms with E-state index in [9.17, 15) is 4.79 Å². The first kappa shape index (κ1) is 18.2. The molecule has 0 saturated carbocycles. The summed E-state index contributed by atoms with van der Waals surface area (Å²) in [7, 11) is 5.35. The molecule has 7 heteroatoms. The molecule has 2 bridgehead atoms. The number of urea groups is 1. The SMILES string of the molecule is COc1cc2c(cc1CN1CC3CCC1CN(C(=O)N(C)C)C3)OCCO2. The molecule has 1 aromatic rings. The average Bonchev–Trinajstić information content (AvgIpc) is 2.98. The third-order valence-electron chi connectivity index (χ3n) is 5.80. The standard InChI is InChI=1S/C20H29N3O4/c1-21(2)20(24)23-11-14-4-5-16(13-23)22(10-14)12-15-8-18-19(9-17(15)25-3)27-7-6-26-18/h8-9,14,16H,4-7,10-13H2,1-3H3. The van der Waals surface area contributed by atoms with Crippen molar-refractivity contribution in [2.45, 2.75) is 25.4 Å². The molecule has 4 heterocycles. The molecule has 0 radical (unpaired) electrons. The highest BCUT2D eigenvalue weighted by atomic mass is 16.6. The van der Waals surface area contributed by atoms with E-state index in [2.05, 4.69) is 11.0 Å². The van der Waals surface area contributed by atoms with E-state index in [1.807, 2.05) is 25.1 Å². The molecular weight excluding hydrogens is 346 g/mol. The summed E-state index contributed by atoms with van der Waals surface area (Å²) in [6.07, 6.45) is 2.32. The largest absolute Gasteiger partial charge is 0.496 e. The maximum atomic E-state index is 12.5. The van der Waals surface area contributed by atoms with Crippen molar-refractivity contribution in [1.29, 1.82) is 0 Å². The fraction of sp³-hybridized carbons (Fsp3) is 0.650. The third kappa shape index (κ3) is 3.65. The van der Waals surface area contributed by atoms with Crippen molar-refractivity contribution in [1.82, 2.24) is 14.7 Å². The molecule has 27 heavy (non-hydrogen) atoms. The first-order valence-electron chi connectivity index (χ1n) is 9.72. The number of amides is 2. The molecule has 0 spiro atoms. The van der Waals surface area contributed by atoms with Gasteiger partial charge in [0.15, 0.2) is 11.5 Å². The molecule has 1 aromatic carbocycles. The van der Waals surface area contributed by atoms with Gasteiger partial charge in [-0.2, -0.15) is 0 Å². The molecule has 7 nitrogen and oxygen atoms in total. The lowest BCUT2D eigenvalue weighted by Gasteiger charge is -2.36. The van der Waals surface area contributed by atoms with Gasteiger partial charge in [-0.15, -0.1) is 0 Å². The van der Waals surface area contributed by atoms with Crippen molar-refractivity contribution in [3.63, 3.8) is 0 Å². The molecule has 0 N–H and O–H groups in total. The Morgan fingerprint density at radius 3 is 2.59 bits per heavy atom. The van der Waals surface area contributed by atoms with Crippen molar-refractivity contribution >= 4 is 6.03 Å². The number of fused-ring (bicyclic) bond motifs is 5. The Balaban J connectivity index is 1.54. The molecule has 4 aliphatic heterocycles. The van der Waals surface area contributed by atoms with Gasteiger partial charge in [0.1, 0.15) is 19.0 Å². The van der Waals surface area contributed by atoms with Gasteiger partial charge in [-0.25, -0.2) is 4.79 Å². The molecule has 4 aliphatic rings. The Morgan fingerprint density at radius 1 is 1.15 bits per heavy atom. The quantitative estimate of drug-likeness (QED) is 0.809. The second kappa shape index (κ2) is 7.46. The smallest absolute Gasteiger partial charge is 0.319 e. The normalized spacial score (nSPS) is 24.5. The number of hydrogen-bond acceptors (Lipinski definition) is 5. The Bertz CT molecular complexity index is 709. The number of carbonyl (C=O) groups is 1. The molecule has 0 aromatic heterocycles. The number of ether oxygens (including phenoxy) is 3. The van der Waals surface area contributed by atoms with Crippen LogP contribution in [0.4, 0.5) is 4.79 Å². The maximum Gasteiger partial charge on any atom is 0.319 e. The molecule has 2 unspecified atom stereocenters. The fourth-order valence-corrected chi connectivity index (χ4v) is 4.46. The van der Waals surface area contributed by atoms with E-state index in [-0.39, 0.29) is 6.03 Å². The van der Waals surface area contributed by atoms with E-state index < -0.39 is 0 Å². The lowest BCUT2D eigenvalue weighted by molar-refractivity contribution is 0.121. The summed E-state index contributed by atoms with van der Waals surface area (Å²) < 4.78 is 17.1. The van der Waals surface area contributed by atoms with Crippen LogP contribution in [0.3, 0.4) is 0 Å². The molecule has 3 saturated heterocycles. The zero-order chi connectivity index (χ0) is 19.0. The van der Waals surface area contributed by atoms with Crippen LogP contribution in [0.25, 0.3) is 0 Å². The summed E-state index contributed by atoms with van der Waals surface area (Å²) in [5.74, 6) is 2.90. The lowest BCUT2D eigenvalue weighted by Crippen LogP contribution is -2.45. The highest BCUT2D eigenvalue weighted by molar-refractivity contribution is 5.74. The van der Waals surface area contributed by atoms with Gasteiger partial charge in [-0.1, -0.05) is 0 Å². The monoisotopic (exact) mass is 375 g/mol. The van der Waals surface area contributed by atoms with Gasteiger partial charge in [0.25, 0.3) is 0 Å². The molecule has 0 aliphatic carbocycles. The van der Waals surface area contributed by atoms with Gasteiger partial charge in [0.05, 0.1) is 7.11 Å². The van der Waals surface area contributed by atoms with Crippen LogP contribution in [0.1, 0.15) is 18.4 Å². The molecular formula is C20H29N3O4. The van der Waals surface area contributed by atoms with Gasteiger partial charge in [-0.3, -0.25) is 4.90 Å². The van der Waals surface area contributed by atoms with Crippen molar-refractivity contribution in [3.05, 3.63) is 17.7 Å². The van der Waals surface area contributed by atoms with E-state index >= 15 is 0 Å². The van der Waals surface area contributed by atoms with Gasteiger partial charge >= 0.3 is 6.03 Å². The molecule has 2 atom stereocenters. The zero-order valence-electron chi connectivity index (χ0n) is 16.4. The zero-order valence-corrected chi connectivity index (χ0v) is 16.4. The summed E-state index contributed by atoms with van der Waals surface area (Å²) in [5, 5.41) is 0. The van der Waals surface area contributed by atoms with Crippen molar-refractivity contribution in [2.24, 2.45) is 5.92 Å². The van der Waals surface area contributed by atoms with Gasteiger partial charge < -0.3 is 24.0 Å². The van der Waals surface area contributed by atoms with E-state index in [1.165, 1.54) is 6.42 Å². The maximum absolute atomic E-state index is 12.5. The molecule has 148 valence electrons. The Hall–Kier alpha value is -2.15. The number of benzene rings is 1. The predicted octanol–water partition coefficient (Wildman–Crippen LogP) is 2.04. The molecule has 3 fully saturated rings. The number of rotatable bonds is 3. The van der Waals surface area contributed by atoms with Gasteiger partial charge in [0, 0.05) is 57.9 Å². The fourth-order valence-electron chi connectivity index (χ4n) is 4.46. The first-order valence-corrected chi connectivity index (χ1v) is 9.72. The summed E-state index contributed by atoms with van der Waals surface area (Å²) in [5.41, 5.74) is 1.11. The number of nitrogens with zero attached hydrogens (tertiary/aromatic N) is 3. The topological polar surface area (TPSA) is 54.5 Å². The second-order valence-corrected chi connectivity index (χ2v) is 7.92. The van der Waals surface area contributed by atoms with Crippen LogP contribution in [0.5, 0.6) is 17.2 Å². The third-order valence-corrected chi connectivity index (χ3v) is 5.80. The Morgan fingerprint density at radius 2 is 1.89 bits per heavy atom. The predicted molar refractivity (Wildman–Crippen MR) is 102 cm³/mol. The molecule has 2 amide bonds. The highest BCUT2D eigenvalue weighted by Gasteiger charge is 2.37. The number of methoxy groups -OCH3 is 1. The lowest BCUT2D eigenvalue weighted by atomic mass is 9.94. The minimum absolute atomic E-state index is 0.116. The van der Waals surface area contributed by atoms with Gasteiger partial charge in [0.2, 0.25) is 0 Å². The van der Waals surface area contributed by atoms with E-state index in [4.69, 9.17) is 14.2 Å². The van der Waals surface area contributed by atoms with Crippen molar-refractivity contribution in [3.8, 4) is 17.2 Å².